The molecular weight excluding hydrogens is 373 g/mol. The largest absolute Gasteiger partial charge is 0.334 e. The zero-order chi connectivity index (χ0) is 18.5. The molecule has 3 aromatic rings. The number of urea groups is 1. The molecule has 0 atom stereocenters. The van der Waals surface area contributed by atoms with E-state index in [1.54, 1.807) is 30.3 Å². The predicted molar refractivity (Wildman–Crippen MR) is 103 cm³/mol. The number of aryl methyl sites for hydroxylation is 1. The molecule has 2 aromatic carbocycles. The maximum atomic E-state index is 13.9. The summed E-state index contributed by atoms with van der Waals surface area (Å²) < 4.78 is 13.9. The van der Waals surface area contributed by atoms with Crippen molar-refractivity contribution in [2.75, 3.05) is 0 Å². The molecule has 3 rings (SSSR count). The first-order valence-corrected chi connectivity index (χ1v) is 9.19. The predicted octanol–water partition coefficient (Wildman–Crippen LogP) is 4.91. The van der Waals surface area contributed by atoms with Crippen LogP contribution in [0.3, 0.4) is 0 Å². The summed E-state index contributed by atoms with van der Waals surface area (Å²) in [4.78, 5) is 17.3. The minimum Gasteiger partial charge on any atom is -0.334 e. The van der Waals surface area contributed by atoms with Crippen molar-refractivity contribution in [3.05, 3.63) is 75.5 Å². The van der Waals surface area contributed by atoms with Crippen molar-refractivity contribution in [1.29, 1.82) is 0 Å². The van der Waals surface area contributed by atoms with Crippen molar-refractivity contribution in [1.82, 2.24) is 15.6 Å². The molecule has 0 saturated carbocycles. The summed E-state index contributed by atoms with van der Waals surface area (Å²) in [6, 6.07) is 13.5. The van der Waals surface area contributed by atoms with Gasteiger partial charge in [0.15, 0.2) is 0 Å². The number of carbonyl (C=O) groups excluding carboxylic acids is 1. The van der Waals surface area contributed by atoms with E-state index in [0.29, 0.717) is 28.7 Å². The highest BCUT2D eigenvalue weighted by molar-refractivity contribution is 7.15. The van der Waals surface area contributed by atoms with Gasteiger partial charge in [-0.05, 0) is 36.8 Å². The van der Waals surface area contributed by atoms with Gasteiger partial charge in [-0.15, -0.1) is 11.3 Å². The van der Waals surface area contributed by atoms with Gasteiger partial charge in [0, 0.05) is 22.0 Å². The third-order valence-electron chi connectivity index (χ3n) is 3.77. The van der Waals surface area contributed by atoms with Gasteiger partial charge in [0.05, 0.1) is 12.2 Å². The number of nitrogens with zero attached hydrogens (tertiary/aromatic N) is 1. The molecule has 0 spiro atoms. The molecule has 0 radical (unpaired) electrons. The monoisotopic (exact) mass is 389 g/mol. The average molecular weight is 390 g/mol. The number of thiazole rings is 1. The molecule has 0 aliphatic heterocycles. The molecule has 0 aliphatic rings. The Morgan fingerprint density at radius 1 is 1.12 bits per heavy atom. The molecule has 7 heteroatoms. The summed E-state index contributed by atoms with van der Waals surface area (Å²) in [5, 5.41) is 6.86. The van der Waals surface area contributed by atoms with Crippen molar-refractivity contribution in [2.45, 2.75) is 20.0 Å². The Bertz CT molecular complexity index is 911. The third kappa shape index (κ3) is 4.59. The minimum atomic E-state index is -0.304. The van der Waals surface area contributed by atoms with E-state index in [9.17, 15) is 9.18 Å². The van der Waals surface area contributed by atoms with Crippen LogP contribution in [0, 0.1) is 12.7 Å². The van der Waals surface area contributed by atoms with Gasteiger partial charge in [0.2, 0.25) is 0 Å². The Kier molecular flexibility index (Phi) is 5.85. The normalized spacial score (nSPS) is 10.6. The lowest BCUT2D eigenvalue weighted by molar-refractivity contribution is 0.240. The zero-order valence-corrected chi connectivity index (χ0v) is 15.6. The fourth-order valence-corrected chi connectivity index (χ4v) is 3.50. The van der Waals surface area contributed by atoms with Crippen LogP contribution < -0.4 is 10.6 Å². The van der Waals surface area contributed by atoms with Gasteiger partial charge >= 0.3 is 6.03 Å². The molecule has 2 N–H and O–H groups in total. The van der Waals surface area contributed by atoms with E-state index in [0.717, 1.165) is 16.1 Å². The third-order valence-corrected chi connectivity index (χ3v) is 5.22. The highest BCUT2D eigenvalue weighted by Gasteiger charge is 2.13. The Morgan fingerprint density at radius 3 is 2.54 bits per heavy atom. The molecule has 1 aromatic heterocycles. The second-order valence-electron chi connectivity index (χ2n) is 5.67. The van der Waals surface area contributed by atoms with Gasteiger partial charge in [-0.2, -0.15) is 0 Å². The molecule has 26 heavy (non-hydrogen) atoms. The van der Waals surface area contributed by atoms with Crippen LogP contribution in [0.1, 0.15) is 16.1 Å². The average Bonchev–Trinajstić information content (AvgIpc) is 3.00. The molecule has 0 fully saturated rings. The van der Waals surface area contributed by atoms with Gasteiger partial charge in [0.1, 0.15) is 10.8 Å². The van der Waals surface area contributed by atoms with Gasteiger partial charge in [0.25, 0.3) is 0 Å². The molecule has 1 heterocycles. The highest BCUT2D eigenvalue weighted by Crippen LogP contribution is 2.29. The van der Waals surface area contributed by atoms with Crippen LogP contribution in [-0.2, 0) is 13.1 Å². The highest BCUT2D eigenvalue weighted by atomic mass is 35.5. The van der Waals surface area contributed by atoms with Crippen molar-refractivity contribution in [3.8, 4) is 10.6 Å². The Hall–Kier alpha value is -2.44. The molecule has 2 amide bonds. The topological polar surface area (TPSA) is 54.0 Å². The number of benzene rings is 2. The zero-order valence-electron chi connectivity index (χ0n) is 14.1. The molecule has 4 nitrogen and oxygen atoms in total. The van der Waals surface area contributed by atoms with Crippen LogP contribution in [0.4, 0.5) is 9.18 Å². The number of rotatable bonds is 5. The number of hydrogen-bond acceptors (Lipinski definition) is 3. The summed E-state index contributed by atoms with van der Waals surface area (Å²) in [5.41, 5.74) is 2.21. The fourth-order valence-electron chi connectivity index (χ4n) is 2.35. The second-order valence-corrected chi connectivity index (χ2v) is 7.19. The van der Waals surface area contributed by atoms with Gasteiger partial charge in [-0.3, -0.25) is 0 Å². The lowest BCUT2D eigenvalue weighted by atomic mass is 10.2. The lowest BCUT2D eigenvalue weighted by Crippen LogP contribution is -2.34. The van der Waals surface area contributed by atoms with Crippen molar-refractivity contribution in [3.63, 3.8) is 0 Å². The van der Waals surface area contributed by atoms with Crippen molar-refractivity contribution >= 4 is 29.0 Å². The number of amides is 2. The molecule has 134 valence electrons. The minimum absolute atomic E-state index is 0.278. The number of halogens is 2. The smallest absolute Gasteiger partial charge is 0.315 e. The summed E-state index contributed by atoms with van der Waals surface area (Å²) in [7, 11) is 0. The molecule has 0 unspecified atom stereocenters. The quantitative estimate of drug-likeness (QED) is 0.651. The summed E-state index contributed by atoms with van der Waals surface area (Å²) >= 11 is 7.21. The summed E-state index contributed by atoms with van der Waals surface area (Å²) in [6.07, 6.45) is 0. The molecule has 0 bridgehead atoms. The number of carbonyl (C=O) groups is 1. The Morgan fingerprint density at radius 2 is 1.81 bits per heavy atom. The number of nitrogens with one attached hydrogen (secondary N) is 2. The fraction of sp³-hybridized carbons (Fsp3) is 0.158. The first kappa shape index (κ1) is 18.4. The Balaban J connectivity index is 1.57. The Labute approximate surface area is 160 Å². The molecular formula is C19H17ClFN3OS. The molecule has 0 aliphatic carbocycles. The van der Waals surface area contributed by atoms with Crippen LogP contribution in [0.2, 0.25) is 5.02 Å². The number of hydrogen-bond donors (Lipinski definition) is 2. The second kappa shape index (κ2) is 8.29. The first-order valence-electron chi connectivity index (χ1n) is 8.00. The standard InChI is InChI=1S/C19H17ClFN3OS/c1-12-17(26-18(24-12)15-4-2-3-5-16(15)21)11-23-19(25)22-10-13-6-8-14(20)9-7-13/h2-9H,10-11H2,1H3,(H2,22,23,25). The van der Waals surface area contributed by atoms with Crippen LogP contribution in [0.5, 0.6) is 0 Å². The van der Waals surface area contributed by atoms with E-state index in [4.69, 9.17) is 11.6 Å². The first-order chi connectivity index (χ1) is 12.5. The van der Waals surface area contributed by atoms with E-state index in [-0.39, 0.29) is 11.8 Å². The van der Waals surface area contributed by atoms with E-state index in [1.165, 1.54) is 17.4 Å². The summed E-state index contributed by atoms with van der Waals surface area (Å²) in [6.45, 7) is 2.60. The van der Waals surface area contributed by atoms with Crippen molar-refractivity contribution < 1.29 is 9.18 Å². The SMILES string of the molecule is Cc1nc(-c2ccccc2F)sc1CNC(=O)NCc1ccc(Cl)cc1. The summed E-state index contributed by atoms with van der Waals surface area (Å²) in [5.74, 6) is -0.304. The van der Waals surface area contributed by atoms with Gasteiger partial charge < -0.3 is 10.6 Å². The van der Waals surface area contributed by atoms with Crippen LogP contribution in [-0.4, -0.2) is 11.0 Å². The molecule has 0 saturated heterocycles. The van der Waals surface area contributed by atoms with Crippen LogP contribution in [0.25, 0.3) is 10.6 Å². The van der Waals surface area contributed by atoms with E-state index < -0.39 is 0 Å². The lowest BCUT2D eigenvalue weighted by Gasteiger charge is -2.07. The van der Waals surface area contributed by atoms with E-state index in [2.05, 4.69) is 15.6 Å². The van der Waals surface area contributed by atoms with Gasteiger partial charge in [-0.25, -0.2) is 14.2 Å². The van der Waals surface area contributed by atoms with Crippen molar-refractivity contribution in [2.24, 2.45) is 0 Å². The van der Waals surface area contributed by atoms with E-state index >= 15 is 0 Å². The maximum absolute atomic E-state index is 13.9. The van der Waals surface area contributed by atoms with E-state index in [1.807, 2.05) is 19.1 Å². The van der Waals surface area contributed by atoms with Crippen LogP contribution in [0.15, 0.2) is 48.5 Å². The maximum Gasteiger partial charge on any atom is 0.315 e. The number of aromatic nitrogens is 1. The van der Waals surface area contributed by atoms with Crippen LogP contribution >= 0.6 is 22.9 Å². The van der Waals surface area contributed by atoms with Gasteiger partial charge in [-0.1, -0.05) is 35.9 Å².